The molecule has 1 fully saturated rings. The molecule has 0 aliphatic carbocycles. The Kier molecular flexibility index (Phi) is 3.79. The fraction of sp³-hybridized carbons (Fsp3) is 0.700. The molecule has 0 saturated carbocycles. The van der Waals surface area contributed by atoms with E-state index in [2.05, 4.69) is 16.3 Å². The maximum Gasteiger partial charge on any atom is 0.492 e. The summed E-state index contributed by atoms with van der Waals surface area (Å²) < 4.78 is 49.3. The van der Waals surface area contributed by atoms with Gasteiger partial charge in [0, 0.05) is 0 Å². The maximum absolute atomic E-state index is 13.8. The van der Waals surface area contributed by atoms with Crippen LogP contribution in [0.2, 0.25) is 19.6 Å². The fourth-order valence-electron chi connectivity index (χ4n) is 1.12. The van der Waals surface area contributed by atoms with E-state index in [0.717, 1.165) is 0 Å². The number of hydrogen-bond donors (Lipinski definition) is 0. The number of carbonyl (C=O) groups is 1. The largest absolute Gasteiger partial charge is 0.492 e. The van der Waals surface area contributed by atoms with Crippen LogP contribution in [-0.4, -0.2) is 44.0 Å². The first-order valence-corrected chi connectivity index (χ1v) is 8.69. The summed E-state index contributed by atoms with van der Waals surface area (Å²) in [5.74, 6) is 0.0635. The minimum absolute atomic E-state index is 0.452. The highest BCUT2D eigenvalue weighted by Crippen LogP contribution is 2.27. The van der Waals surface area contributed by atoms with Gasteiger partial charge in [-0.2, -0.15) is 13.2 Å². The Morgan fingerprint density at radius 3 is 2.22 bits per heavy atom. The number of carbonyl (C=O) groups excluding carboxylic acids is 1. The molecule has 1 saturated heterocycles. The van der Waals surface area contributed by atoms with Gasteiger partial charge in [-0.3, -0.25) is 0 Å². The first-order valence-electron chi connectivity index (χ1n) is 5.19. The van der Waals surface area contributed by atoms with Crippen molar-refractivity contribution in [3.05, 3.63) is 0 Å². The number of rotatable bonds is 1. The van der Waals surface area contributed by atoms with Crippen LogP contribution in [0.4, 0.5) is 17.6 Å². The monoisotopic (exact) mass is 283 g/mol. The highest BCUT2D eigenvalue weighted by molar-refractivity contribution is 6.83. The second kappa shape index (κ2) is 4.55. The van der Waals surface area contributed by atoms with Gasteiger partial charge in [-0.1, -0.05) is 25.6 Å². The van der Waals surface area contributed by atoms with Gasteiger partial charge in [0.15, 0.2) is 0 Å². The lowest BCUT2D eigenvalue weighted by atomic mass is 10.0. The third-order valence-electron chi connectivity index (χ3n) is 1.96. The Morgan fingerprint density at radius 1 is 1.33 bits per heavy atom. The molecule has 0 atom stereocenters. The predicted octanol–water partition coefficient (Wildman–Crippen LogP) is 1.91. The predicted molar refractivity (Wildman–Crippen MR) is 58.7 cm³/mol. The lowest BCUT2D eigenvalue weighted by Gasteiger charge is -2.39. The molecule has 0 aromatic rings. The molecule has 0 unspecified atom stereocenters. The van der Waals surface area contributed by atoms with Crippen molar-refractivity contribution in [1.82, 2.24) is 5.06 Å². The minimum Gasteiger partial charge on any atom is -0.361 e. The zero-order valence-electron chi connectivity index (χ0n) is 10.2. The standard InChI is InChI=1S/C10H13F4NO2Si/c1-18(2,3)5-4-9(11)6-15(7-9)17-8(16)10(12,13)14/h6-7H2,1-3H3. The van der Waals surface area contributed by atoms with E-state index in [9.17, 15) is 22.4 Å². The average Bonchev–Trinajstić information content (AvgIpc) is 2.09. The van der Waals surface area contributed by atoms with Gasteiger partial charge in [-0.05, 0) is 0 Å². The zero-order valence-corrected chi connectivity index (χ0v) is 11.2. The van der Waals surface area contributed by atoms with E-state index in [-0.39, 0.29) is 0 Å². The highest BCUT2D eigenvalue weighted by atomic mass is 28.3. The van der Waals surface area contributed by atoms with Crippen LogP contribution < -0.4 is 0 Å². The van der Waals surface area contributed by atoms with Crippen LogP contribution in [0.3, 0.4) is 0 Å². The number of hydroxylamine groups is 2. The number of hydrogen-bond acceptors (Lipinski definition) is 3. The van der Waals surface area contributed by atoms with E-state index >= 15 is 0 Å². The molecule has 1 aliphatic heterocycles. The van der Waals surface area contributed by atoms with Gasteiger partial charge < -0.3 is 4.84 Å². The first-order chi connectivity index (χ1) is 7.91. The van der Waals surface area contributed by atoms with Crippen LogP contribution in [0, 0.1) is 11.5 Å². The molecule has 3 nitrogen and oxygen atoms in total. The van der Waals surface area contributed by atoms with Crippen molar-refractivity contribution in [2.45, 2.75) is 31.5 Å². The molecular formula is C10H13F4NO2Si. The van der Waals surface area contributed by atoms with E-state index in [1.165, 1.54) is 0 Å². The molecule has 102 valence electrons. The van der Waals surface area contributed by atoms with Gasteiger partial charge in [-0.25, -0.2) is 9.18 Å². The second-order valence-corrected chi connectivity index (χ2v) is 9.89. The van der Waals surface area contributed by atoms with E-state index < -0.39 is 39.0 Å². The highest BCUT2D eigenvalue weighted by Gasteiger charge is 2.49. The fourth-order valence-corrected chi connectivity index (χ4v) is 1.72. The quantitative estimate of drug-likeness (QED) is 0.418. The maximum atomic E-state index is 13.8. The van der Waals surface area contributed by atoms with Crippen molar-refractivity contribution in [2.75, 3.05) is 13.1 Å². The van der Waals surface area contributed by atoms with Gasteiger partial charge in [0.2, 0.25) is 5.67 Å². The van der Waals surface area contributed by atoms with Gasteiger partial charge in [0.25, 0.3) is 0 Å². The molecule has 1 rings (SSSR count). The first kappa shape index (κ1) is 15.0. The second-order valence-electron chi connectivity index (χ2n) is 5.14. The van der Waals surface area contributed by atoms with Crippen molar-refractivity contribution in [3.8, 4) is 11.5 Å². The lowest BCUT2D eigenvalue weighted by Crippen LogP contribution is -2.59. The number of alkyl halides is 4. The third-order valence-corrected chi connectivity index (χ3v) is 2.83. The zero-order chi connectivity index (χ0) is 14.2. The Hall–Kier alpha value is -1.07. The Morgan fingerprint density at radius 2 is 1.83 bits per heavy atom. The Bertz CT molecular complexity index is 399. The normalized spacial score (nSPS) is 19.5. The third kappa shape index (κ3) is 4.31. The number of halogens is 4. The summed E-state index contributed by atoms with van der Waals surface area (Å²) in [6.07, 6.45) is -5.07. The van der Waals surface area contributed by atoms with E-state index in [0.29, 0.717) is 5.06 Å². The van der Waals surface area contributed by atoms with Crippen molar-refractivity contribution in [1.29, 1.82) is 0 Å². The minimum atomic E-state index is -5.07. The SMILES string of the molecule is C[Si](C)(C)C#CC1(F)CN(OC(=O)C(F)(F)F)C1. The smallest absolute Gasteiger partial charge is 0.361 e. The number of nitrogens with zero attached hydrogens (tertiary/aromatic N) is 1. The van der Waals surface area contributed by atoms with Crippen LogP contribution in [0.25, 0.3) is 0 Å². The van der Waals surface area contributed by atoms with Crippen molar-refractivity contribution < 1.29 is 27.2 Å². The van der Waals surface area contributed by atoms with Crippen molar-refractivity contribution in [2.24, 2.45) is 0 Å². The van der Waals surface area contributed by atoms with Gasteiger partial charge in [0.1, 0.15) is 8.07 Å². The van der Waals surface area contributed by atoms with E-state index in [1.54, 1.807) is 0 Å². The van der Waals surface area contributed by atoms with Crippen molar-refractivity contribution >= 4 is 14.0 Å². The summed E-state index contributed by atoms with van der Waals surface area (Å²) in [4.78, 5) is 14.4. The summed E-state index contributed by atoms with van der Waals surface area (Å²) in [7, 11) is -1.74. The van der Waals surface area contributed by atoms with Gasteiger partial charge in [0.05, 0.1) is 13.1 Å². The summed E-state index contributed by atoms with van der Waals surface area (Å²) >= 11 is 0. The van der Waals surface area contributed by atoms with E-state index in [4.69, 9.17) is 0 Å². The average molecular weight is 283 g/mol. The Labute approximate surface area is 103 Å². The molecule has 0 radical (unpaired) electrons. The van der Waals surface area contributed by atoms with Crippen LogP contribution >= 0.6 is 0 Å². The molecule has 18 heavy (non-hydrogen) atoms. The summed E-state index contributed by atoms with van der Waals surface area (Å²) in [6, 6.07) is 0. The van der Waals surface area contributed by atoms with Gasteiger partial charge in [-0.15, -0.1) is 10.6 Å². The molecule has 1 heterocycles. The topological polar surface area (TPSA) is 29.5 Å². The van der Waals surface area contributed by atoms with Crippen LogP contribution in [-0.2, 0) is 9.63 Å². The van der Waals surface area contributed by atoms with E-state index in [1.807, 2.05) is 19.6 Å². The Balaban J connectivity index is 2.48. The van der Waals surface area contributed by atoms with Crippen LogP contribution in [0.5, 0.6) is 0 Å². The molecule has 0 aromatic carbocycles. The van der Waals surface area contributed by atoms with Crippen LogP contribution in [0.15, 0.2) is 0 Å². The molecule has 0 bridgehead atoms. The molecule has 0 aromatic heterocycles. The van der Waals surface area contributed by atoms with Gasteiger partial charge >= 0.3 is 12.1 Å². The van der Waals surface area contributed by atoms with Crippen molar-refractivity contribution in [3.63, 3.8) is 0 Å². The van der Waals surface area contributed by atoms with Crippen LogP contribution in [0.1, 0.15) is 0 Å². The molecule has 1 aliphatic rings. The summed E-state index contributed by atoms with van der Waals surface area (Å²) in [5.41, 5.74) is 0.910. The molecule has 8 heteroatoms. The summed E-state index contributed by atoms with van der Waals surface area (Å²) in [6.45, 7) is 4.86. The lowest BCUT2D eigenvalue weighted by molar-refractivity contribution is -0.266. The molecule has 0 spiro atoms. The summed E-state index contributed by atoms with van der Waals surface area (Å²) in [5, 5.41) is 0.620. The molecular weight excluding hydrogens is 270 g/mol. The molecule has 0 amide bonds. The molecule has 0 N–H and O–H groups in total.